The third kappa shape index (κ3) is 4.12. The van der Waals surface area contributed by atoms with E-state index in [0.717, 1.165) is 0 Å². The van der Waals surface area contributed by atoms with E-state index >= 15 is 0 Å². The quantitative estimate of drug-likeness (QED) is 0.217. The number of piperidine rings is 1. The van der Waals surface area contributed by atoms with Gasteiger partial charge < -0.3 is 18.7 Å². The number of rotatable bonds is 5. The van der Waals surface area contributed by atoms with E-state index in [1.807, 2.05) is 0 Å². The van der Waals surface area contributed by atoms with Crippen LogP contribution in [0.15, 0.2) is 4.52 Å². The van der Waals surface area contributed by atoms with Crippen LogP contribution in [-0.4, -0.2) is 64.3 Å². The molecule has 0 aromatic carbocycles. The molecule has 0 spiro atoms. The van der Waals surface area contributed by atoms with Crippen molar-refractivity contribution in [3.05, 3.63) is 11.7 Å². The number of amides is 2. The summed E-state index contributed by atoms with van der Waals surface area (Å²) in [4.78, 5) is 29.0. The first-order chi connectivity index (χ1) is 11.3. The van der Waals surface area contributed by atoms with Crippen LogP contribution in [-0.2, 0) is 19.4 Å². The normalized spacial score (nSPS) is 22.7. The molecule has 0 aliphatic carbocycles. The van der Waals surface area contributed by atoms with E-state index in [9.17, 15) is 22.6 Å². The number of hydrogen-bond acceptors (Lipinski definition) is 10. The number of carbonyl (C=O) groups is 2. The van der Waals surface area contributed by atoms with Gasteiger partial charge in [-0.15, -0.1) is 0 Å². The molecule has 0 N–H and O–H groups in total. The molecule has 2 aliphatic rings. The first-order valence-corrected chi connectivity index (χ1v) is 8.39. The molecule has 25 heavy (non-hydrogen) atoms. The summed E-state index contributed by atoms with van der Waals surface area (Å²) in [6.45, 7) is 1.91. The number of fused-ring (bicyclic) bond motifs is 2. The SMILES string of the molecule is CCOC(=O)c1nc([C@H]2CC[C@@H]3CN2C(=O)N3OS(=O)(=O)[O-])no1.[Na+]. The van der Waals surface area contributed by atoms with Gasteiger partial charge in [0.1, 0.15) is 0 Å². The molecule has 2 atom stereocenters. The van der Waals surface area contributed by atoms with Gasteiger partial charge in [-0.1, -0.05) is 5.16 Å². The number of urea groups is 1. The molecule has 132 valence electrons. The van der Waals surface area contributed by atoms with Crippen LogP contribution in [0.1, 0.15) is 42.3 Å². The summed E-state index contributed by atoms with van der Waals surface area (Å²) in [6.07, 6.45) is 0.753. The average molecular weight is 384 g/mol. The summed E-state index contributed by atoms with van der Waals surface area (Å²) in [6, 6.07) is -1.97. The second kappa shape index (κ2) is 7.55. The molecular weight excluding hydrogens is 371 g/mol. The Hall–Kier alpha value is -1.25. The van der Waals surface area contributed by atoms with Crippen LogP contribution in [0.3, 0.4) is 0 Å². The maximum atomic E-state index is 12.2. The van der Waals surface area contributed by atoms with Gasteiger partial charge in [-0.05, 0) is 19.8 Å². The van der Waals surface area contributed by atoms with Crippen LogP contribution in [0.4, 0.5) is 4.79 Å². The van der Waals surface area contributed by atoms with Gasteiger partial charge >= 0.3 is 47.4 Å². The van der Waals surface area contributed by atoms with Gasteiger partial charge in [0.25, 0.3) is 0 Å². The van der Waals surface area contributed by atoms with Gasteiger partial charge in [0.2, 0.25) is 10.4 Å². The maximum absolute atomic E-state index is 12.2. The third-order valence-electron chi connectivity index (χ3n) is 3.68. The molecule has 0 unspecified atom stereocenters. The zero-order valence-corrected chi connectivity index (χ0v) is 16.3. The van der Waals surface area contributed by atoms with Crippen molar-refractivity contribution in [1.82, 2.24) is 20.1 Å². The Morgan fingerprint density at radius 2 is 2.16 bits per heavy atom. The second-order valence-corrected chi connectivity index (χ2v) is 6.13. The van der Waals surface area contributed by atoms with Crippen molar-refractivity contribution in [2.75, 3.05) is 13.2 Å². The molecular formula is C11H13N4NaO8S. The molecule has 2 aliphatic heterocycles. The molecule has 14 heteroatoms. The molecule has 0 saturated carbocycles. The number of esters is 1. The van der Waals surface area contributed by atoms with E-state index in [4.69, 9.17) is 9.26 Å². The van der Waals surface area contributed by atoms with E-state index in [-0.39, 0.29) is 54.4 Å². The molecule has 0 radical (unpaired) electrons. The fraction of sp³-hybridized carbons (Fsp3) is 0.636. The van der Waals surface area contributed by atoms with Crippen molar-refractivity contribution >= 4 is 22.4 Å². The zero-order valence-electron chi connectivity index (χ0n) is 13.4. The summed E-state index contributed by atoms with van der Waals surface area (Å²) in [5.74, 6) is -1.02. The van der Waals surface area contributed by atoms with E-state index in [0.29, 0.717) is 17.9 Å². The van der Waals surface area contributed by atoms with Crippen molar-refractivity contribution in [3.63, 3.8) is 0 Å². The third-order valence-corrected chi connectivity index (χ3v) is 4.03. The first kappa shape index (κ1) is 20.1. The van der Waals surface area contributed by atoms with Crippen LogP contribution in [0, 0.1) is 0 Å². The van der Waals surface area contributed by atoms with Gasteiger partial charge in [0, 0.05) is 6.54 Å². The van der Waals surface area contributed by atoms with Gasteiger partial charge in [-0.3, -0.25) is 0 Å². The largest absolute Gasteiger partial charge is 1.00 e. The number of carbonyl (C=O) groups excluding carboxylic acids is 2. The number of ether oxygens (including phenoxy) is 1. The fourth-order valence-electron chi connectivity index (χ4n) is 2.74. The Labute approximate surface area is 164 Å². The predicted molar refractivity (Wildman–Crippen MR) is 70.7 cm³/mol. The van der Waals surface area contributed by atoms with Gasteiger partial charge in [-0.2, -0.15) is 14.3 Å². The molecule has 2 saturated heterocycles. The van der Waals surface area contributed by atoms with Crippen LogP contribution in [0.25, 0.3) is 0 Å². The predicted octanol–water partition coefficient (Wildman–Crippen LogP) is -3.42. The summed E-state index contributed by atoms with van der Waals surface area (Å²) in [5, 5.41) is 4.22. The van der Waals surface area contributed by atoms with E-state index in [2.05, 4.69) is 14.4 Å². The summed E-state index contributed by atoms with van der Waals surface area (Å²) in [7, 11) is -5.06. The van der Waals surface area contributed by atoms with Crippen molar-refractivity contribution < 1.29 is 65.7 Å². The van der Waals surface area contributed by atoms with Crippen LogP contribution in [0.5, 0.6) is 0 Å². The fourth-order valence-corrected chi connectivity index (χ4v) is 3.12. The van der Waals surface area contributed by atoms with Crippen molar-refractivity contribution in [2.24, 2.45) is 0 Å². The van der Waals surface area contributed by atoms with Crippen molar-refractivity contribution in [1.29, 1.82) is 0 Å². The standard InChI is InChI=1S/C11H14N4O8S.Na/c1-2-21-10(16)9-12-8(13-22-9)7-4-3-6-5-14(7)11(17)15(6)23-24(18,19)20;/h6-7H,2-5H2,1H3,(H,18,19,20);/q;+1/p-1/t6-,7-;/m1./s1. The van der Waals surface area contributed by atoms with Crippen LogP contribution >= 0.6 is 0 Å². The zero-order chi connectivity index (χ0) is 17.5. The van der Waals surface area contributed by atoms with Crippen LogP contribution in [0.2, 0.25) is 0 Å². The molecule has 1 aromatic rings. The van der Waals surface area contributed by atoms with E-state index in [1.165, 1.54) is 4.90 Å². The summed E-state index contributed by atoms with van der Waals surface area (Å²) >= 11 is 0. The minimum atomic E-state index is -5.06. The van der Waals surface area contributed by atoms with Gasteiger partial charge in [0.05, 0.1) is 18.7 Å². The topological polar surface area (TPSA) is 155 Å². The Morgan fingerprint density at radius 3 is 2.80 bits per heavy atom. The average Bonchev–Trinajstić information content (AvgIpc) is 3.08. The number of nitrogens with zero attached hydrogens (tertiary/aromatic N) is 4. The minimum Gasteiger partial charge on any atom is -0.724 e. The number of hydrogen-bond donors (Lipinski definition) is 0. The smallest absolute Gasteiger partial charge is 0.724 e. The molecule has 2 bridgehead atoms. The molecule has 3 rings (SSSR count). The minimum absolute atomic E-state index is 0. The summed E-state index contributed by atoms with van der Waals surface area (Å²) in [5.41, 5.74) is 0. The Kier molecular flexibility index (Phi) is 6.06. The van der Waals surface area contributed by atoms with Gasteiger partial charge in [-0.25, -0.2) is 18.0 Å². The Morgan fingerprint density at radius 1 is 1.44 bits per heavy atom. The summed E-state index contributed by atoms with van der Waals surface area (Å²) < 4.78 is 46.0. The number of hydroxylamine groups is 2. The molecule has 2 fully saturated rings. The van der Waals surface area contributed by atoms with E-state index in [1.54, 1.807) is 6.92 Å². The van der Waals surface area contributed by atoms with Crippen molar-refractivity contribution in [2.45, 2.75) is 31.8 Å². The van der Waals surface area contributed by atoms with E-state index < -0.39 is 34.5 Å². The Balaban J connectivity index is 0.00000225. The van der Waals surface area contributed by atoms with Gasteiger partial charge in [0.15, 0.2) is 5.82 Å². The molecule has 12 nitrogen and oxygen atoms in total. The second-order valence-electron chi connectivity index (χ2n) is 5.17. The van der Waals surface area contributed by atoms with Crippen molar-refractivity contribution in [3.8, 4) is 0 Å². The number of aromatic nitrogens is 2. The Bertz CT molecular complexity index is 768. The van der Waals surface area contributed by atoms with Crippen LogP contribution < -0.4 is 29.6 Å². The molecule has 1 aromatic heterocycles. The monoisotopic (exact) mass is 384 g/mol. The first-order valence-electron chi connectivity index (χ1n) is 7.06. The molecule has 2 amide bonds. The molecule has 3 heterocycles. The maximum Gasteiger partial charge on any atom is 1.00 e.